The zero-order chi connectivity index (χ0) is 33.7. The van der Waals surface area contributed by atoms with Crippen LogP contribution in [0.5, 0.6) is 0 Å². The smallest absolute Gasteiger partial charge is 0.208 e. The minimum absolute atomic E-state index is 0.0277. The molecule has 2 aliphatic rings. The van der Waals surface area contributed by atoms with E-state index in [9.17, 15) is 4.79 Å². The van der Waals surface area contributed by atoms with Crippen molar-refractivity contribution in [2.75, 3.05) is 25.1 Å². The summed E-state index contributed by atoms with van der Waals surface area (Å²) >= 11 is 0. The summed E-state index contributed by atoms with van der Waals surface area (Å²) in [5, 5.41) is 0. The van der Waals surface area contributed by atoms with Crippen molar-refractivity contribution in [3.05, 3.63) is 142 Å². The van der Waals surface area contributed by atoms with Gasteiger partial charge < -0.3 is 9.64 Å². The van der Waals surface area contributed by atoms with Gasteiger partial charge in [-0.25, -0.2) is 0 Å². The lowest BCUT2D eigenvalue weighted by atomic mass is 9.78. The molecule has 2 aliphatic carbocycles. The van der Waals surface area contributed by atoms with Gasteiger partial charge in [-0.15, -0.1) is 6.58 Å². The topological polar surface area (TPSA) is 32.5 Å². The van der Waals surface area contributed by atoms with Gasteiger partial charge in [0, 0.05) is 48.1 Å². The van der Waals surface area contributed by atoms with E-state index in [1.807, 2.05) is 6.08 Å². The Kier molecular flexibility index (Phi) is 10.6. The minimum atomic E-state index is 0.0277. The Morgan fingerprint density at radius 1 is 0.809 bits per heavy atom. The van der Waals surface area contributed by atoms with Crippen molar-refractivity contribution >= 4 is 34.1 Å². The van der Waals surface area contributed by atoms with Crippen LogP contribution in [0, 0.1) is 34.6 Å². The molecule has 0 N–H and O–H groups in total. The van der Waals surface area contributed by atoms with Crippen molar-refractivity contribution in [2.45, 2.75) is 67.2 Å². The number of Topliss-reactive ketones (excluding diaryl/α,β-unsaturated/α-hetero) is 1. The highest BCUT2D eigenvalue weighted by Crippen LogP contribution is 2.43. The molecule has 0 aromatic heterocycles. The maximum Gasteiger partial charge on any atom is 0.208 e. The van der Waals surface area contributed by atoms with Crippen molar-refractivity contribution in [1.29, 1.82) is 0 Å². The second kappa shape index (κ2) is 14.8. The first-order valence-corrected chi connectivity index (χ1v) is 16.9. The molecule has 0 bridgehead atoms. The van der Waals surface area contributed by atoms with Crippen molar-refractivity contribution in [1.82, 2.24) is 0 Å². The summed E-state index contributed by atoms with van der Waals surface area (Å²) in [6.45, 7) is 18.6. The number of rotatable bonds is 12. The Hall–Kier alpha value is -4.70. The third-order valence-corrected chi connectivity index (χ3v) is 9.18. The summed E-state index contributed by atoms with van der Waals surface area (Å²) in [7, 11) is 1.66. The van der Waals surface area contributed by atoms with E-state index >= 15 is 0 Å². The zero-order valence-electron chi connectivity index (χ0n) is 29.2. The number of aryl methyl sites for hydroxylation is 5. The molecule has 3 aromatic carbocycles. The Balaban J connectivity index is 1.48. The number of carbonyl (C=O) groups excluding carboxylic acids is 1. The van der Waals surface area contributed by atoms with E-state index in [2.05, 4.69) is 136 Å². The van der Waals surface area contributed by atoms with Gasteiger partial charge in [-0.3, -0.25) is 4.79 Å². The molecule has 5 rings (SSSR count). The van der Waals surface area contributed by atoms with Crippen LogP contribution in [0.15, 0.2) is 108 Å². The number of ether oxygens (including phenoxy) is 1. The molecule has 0 amide bonds. The maximum absolute atomic E-state index is 13.8. The predicted octanol–water partition coefficient (Wildman–Crippen LogP) is 10.3. The number of anilines is 2. The Bertz CT molecular complexity index is 1850. The molecular weight excluding hydrogens is 576 g/mol. The van der Waals surface area contributed by atoms with Crippen LogP contribution in [0.25, 0.3) is 5.57 Å². The van der Waals surface area contributed by atoms with Gasteiger partial charge in [0.15, 0.2) is 0 Å². The fourth-order valence-electron chi connectivity index (χ4n) is 6.71. The van der Waals surface area contributed by atoms with Gasteiger partial charge in [0.05, 0.1) is 18.3 Å². The fraction of sp³-hybridized carbons (Fsp3) is 0.302. The van der Waals surface area contributed by atoms with Crippen LogP contribution in [-0.2, 0) is 9.53 Å². The SMILES string of the molecule is C=CCCCN(c1ccc(C2=C(OC)C(=C3C=CC(=[N+](CCCC)c4ccc(C)cc4C)C=C3)C2=O)c(C)c1)c1ccc(C)cc1C. The highest BCUT2D eigenvalue weighted by atomic mass is 16.5. The number of hydrogen-bond donors (Lipinski definition) is 0. The summed E-state index contributed by atoms with van der Waals surface area (Å²) in [4.78, 5) is 16.2. The number of methoxy groups -OCH3 is 1. The number of allylic oxidation sites excluding steroid dienone is 8. The Morgan fingerprint density at radius 3 is 2.13 bits per heavy atom. The van der Waals surface area contributed by atoms with E-state index in [4.69, 9.17) is 4.74 Å². The quantitative estimate of drug-likeness (QED) is 0.0869. The third-order valence-electron chi connectivity index (χ3n) is 9.18. The van der Waals surface area contributed by atoms with Gasteiger partial charge in [0.2, 0.25) is 17.2 Å². The average molecular weight is 626 g/mol. The first-order valence-electron chi connectivity index (χ1n) is 16.9. The van der Waals surface area contributed by atoms with Gasteiger partial charge in [0.1, 0.15) is 12.3 Å². The van der Waals surface area contributed by atoms with Crippen LogP contribution in [-0.4, -0.2) is 36.3 Å². The van der Waals surface area contributed by atoms with E-state index in [0.717, 1.165) is 66.9 Å². The second-order valence-electron chi connectivity index (χ2n) is 12.8. The molecule has 0 heterocycles. The standard InChI is InChI=1S/C43H49N2O2/c1-9-11-13-25-45(39-23-15-30(4)27-33(39)7)36-20-21-37(31(5)28-36)41-42(46)40(43(41)47-8)34-16-18-35(19-17-34)44(24-12-10-2)38-22-14-29(3)26-32(38)6/h9,14-23,26-28H,1,10-13,24-25H2,2-8H3/q+1. The van der Waals surface area contributed by atoms with E-state index in [0.29, 0.717) is 16.9 Å². The molecule has 0 spiro atoms. The number of benzene rings is 3. The van der Waals surface area contributed by atoms with Crippen molar-refractivity contribution in [3.8, 4) is 0 Å². The summed E-state index contributed by atoms with van der Waals surface area (Å²) in [6, 6.07) is 19.6. The summed E-state index contributed by atoms with van der Waals surface area (Å²) in [6.07, 6.45) is 14.5. The van der Waals surface area contributed by atoms with E-state index in [1.165, 1.54) is 33.6 Å². The summed E-state index contributed by atoms with van der Waals surface area (Å²) in [5.74, 6) is 0.688. The normalized spacial score (nSPS) is 14.1. The van der Waals surface area contributed by atoms with Crippen LogP contribution < -0.4 is 4.90 Å². The second-order valence-corrected chi connectivity index (χ2v) is 12.8. The highest BCUT2D eigenvalue weighted by molar-refractivity contribution is 6.40. The molecule has 47 heavy (non-hydrogen) atoms. The molecule has 0 radical (unpaired) electrons. The largest absolute Gasteiger partial charge is 0.495 e. The molecule has 0 unspecified atom stereocenters. The molecule has 0 saturated heterocycles. The van der Waals surface area contributed by atoms with Crippen LogP contribution in [0.3, 0.4) is 0 Å². The average Bonchev–Trinajstić information content (AvgIpc) is 3.05. The zero-order valence-corrected chi connectivity index (χ0v) is 29.2. The first kappa shape index (κ1) is 33.7. The van der Waals surface area contributed by atoms with Gasteiger partial charge in [-0.2, -0.15) is 4.58 Å². The predicted molar refractivity (Wildman–Crippen MR) is 198 cm³/mol. The lowest BCUT2D eigenvalue weighted by Crippen LogP contribution is -2.25. The highest BCUT2D eigenvalue weighted by Gasteiger charge is 2.38. The third kappa shape index (κ3) is 7.02. The van der Waals surface area contributed by atoms with Gasteiger partial charge >= 0.3 is 0 Å². The van der Waals surface area contributed by atoms with Crippen LogP contribution in [0.1, 0.15) is 66.0 Å². The van der Waals surface area contributed by atoms with Gasteiger partial charge in [-0.05, 0) is 106 Å². The van der Waals surface area contributed by atoms with Crippen LogP contribution in [0.4, 0.5) is 17.1 Å². The van der Waals surface area contributed by atoms with E-state index < -0.39 is 0 Å². The van der Waals surface area contributed by atoms with Gasteiger partial charge in [-0.1, -0.05) is 54.8 Å². The van der Waals surface area contributed by atoms with E-state index in [-0.39, 0.29) is 5.78 Å². The maximum atomic E-state index is 13.8. The number of ketones is 1. The molecule has 4 nitrogen and oxygen atoms in total. The number of hydrogen-bond acceptors (Lipinski definition) is 3. The van der Waals surface area contributed by atoms with Gasteiger partial charge in [0.25, 0.3) is 0 Å². The molecule has 4 heteroatoms. The lowest BCUT2D eigenvalue weighted by Gasteiger charge is -2.30. The fourth-order valence-corrected chi connectivity index (χ4v) is 6.71. The molecule has 3 aromatic rings. The monoisotopic (exact) mass is 625 g/mol. The molecule has 242 valence electrons. The van der Waals surface area contributed by atoms with E-state index in [1.54, 1.807) is 7.11 Å². The molecule has 0 fully saturated rings. The molecule has 0 aliphatic heterocycles. The molecular formula is C43H49N2O2+. The van der Waals surface area contributed by atoms with Crippen LogP contribution in [0.2, 0.25) is 0 Å². The Morgan fingerprint density at radius 2 is 1.51 bits per heavy atom. The van der Waals surface area contributed by atoms with Crippen molar-refractivity contribution in [3.63, 3.8) is 0 Å². The van der Waals surface area contributed by atoms with Crippen molar-refractivity contribution in [2.24, 2.45) is 0 Å². The lowest BCUT2D eigenvalue weighted by molar-refractivity contribution is -0.440. The summed E-state index contributed by atoms with van der Waals surface area (Å²) in [5.41, 5.74) is 13.8. The van der Waals surface area contributed by atoms with Crippen molar-refractivity contribution < 1.29 is 14.1 Å². The number of carbonyl (C=O) groups is 1. The number of unbranched alkanes of at least 4 members (excludes halogenated alkanes) is 2. The summed E-state index contributed by atoms with van der Waals surface area (Å²) < 4.78 is 8.29. The number of nitrogens with zero attached hydrogens (tertiary/aromatic N) is 2. The molecule has 0 saturated carbocycles. The molecule has 0 atom stereocenters. The Labute approximate surface area is 281 Å². The van der Waals surface area contributed by atoms with Crippen LogP contribution >= 0.6 is 0 Å². The minimum Gasteiger partial charge on any atom is -0.495 e. The first-order chi connectivity index (χ1) is 22.7.